The minimum Gasteiger partial charge on any atom is -0.307 e. The number of rotatable bonds is 3. The van der Waals surface area contributed by atoms with Crippen LogP contribution >= 0.6 is 0 Å². The second kappa shape index (κ2) is 6.09. The lowest BCUT2D eigenvalue weighted by molar-refractivity contribution is -0.758. The first-order valence-corrected chi connectivity index (χ1v) is 11.1. The van der Waals surface area contributed by atoms with E-state index in [0.29, 0.717) is 0 Å². The molecule has 2 aliphatic carbocycles. The van der Waals surface area contributed by atoms with Crippen LogP contribution in [-0.4, -0.2) is 19.1 Å². The molecule has 0 unspecified atom stereocenters. The van der Waals surface area contributed by atoms with E-state index in [1.165, 1.54) is 22.3 Å². The number of nitrogens with one attached hydrogen (secondary N) is 2. The third-order valence-corrected chi connectivity index (χ3v) is 7.19. The molecule has 2 aromatic rings. The maximum absolute atomic E-state index is 12.6. The van der Waals surface area contributed by atoms with Gasteiger partial charge in [0.05, 0.1) is 12.7 Å². The number of aromatic nitrogens is 2. The summed E-state index contributed by atoms with van der Waals surface area (Å²) in [7, 11) is -3.89. The molecule has 0 saturated heterocycles. The molecule has 0 radical (unpaired) electrons. The van der Waals surface area contributed by atoms with Gasteiger partial charge in [-0.25, -0.2) is 17.9 Å². The van der Waals surface area contributed by atoms with Gasteiger partial charge < -0.3 is 5.32 Å². The molecule has 0 saturated carbocycles. The van der Waals surface area contributed by atoms with Crippen molar-refractivity contribution in [3.8, 4) is 0 Å². The maximum Gasteiger partial charge on any atom is 0.333 e. The smallest absolute Gasteiger partial charge is 0.307 e. The molecule has 2 heterocycles. The molecule has 27 heavy (non-hydrogen) atoms. The van der Waals surface area contributed by atoms with Gasteiger partial charge in [-0.2, -0.15) is 4.68 Å². The highest BCUT2D eigenvalue weighted by Gasteiger charge is 2.29. The number of hydrogen-bond donors (Lipinski definition) is 2. The first-order chi connectivity index (χ1) is 13.0. The van der Waals surface area contributed by atoms with Crippen molar-refractivity contribution in [2.24, 2.45) is 0 Å². The minimum atomic E-state index is -3.89. The molecule has 5 rings (SSSR count). The number of urea groups is 1. The Kier molecular flexibility index (Phi) is 3.79. The van der Waals surface area contributed by atoms with E-state index in [4.69, 9.17) is 0 Å². The lowest BCUT2D eigenvalue weighted by atomic mass is 9.99. The fraction of sp³-hybridized carbons (Fsp3) is 0.474. The van der Waals surface area contributed by atoms with Gasteiger partial charge in [-0.15, -0.1) is 4.68 Å². The van der Waals surface area contributed by atoms with Gasteiger partial charge in [-0.3, -0.25) is 0 Å². The van der Waals surface area contributed by atoms with Crippen molar-refractivity contribution < 1.29 is 17.9 Å². The van der Waals surface area contributed by atoms with Crippen LogP contribution in [0.25, 0.3) is 0 Å². The van der Waals surface area contributed by atoms with Gasteiger partial charge in [0.15, 0.2) is 11.4 Å². The van der Waals surface area contributed by atoms with Crippen LogP contribution in [0.15, 0.2) is 23.4 Å². The van der Waals surface area contributed by atoms with Gasteiger partial charge in [0, 0.05) is 12.1 Å². The first-order valence-electron chi connectivity index (χ1n) is 9.61. The first kappa shape index (κ1) is 16.8. The van der Waals surface area contributed by atoms with Crippen molar-refractivity contribution >= 4 is 21.7 Å². The minimum absolute atomic E-state index is 0.126. The highest BCUT2D eigenvalue weighted by molar-refractivity contribution is 7.90. The Hall–Kier alpha value is -2.35. The molecule has 2 amide bonds. The molecule has 0 fully saturated rings. The lowest BCUT2D eigenvalue weighted by Crippen LogP contribution is -2.36. The normalized spacial score (nSPS) is 17.5. The van der Waals surface area contributed by atoms with Gasteiger partial charge >= 0.3 is 6.03 Å². The van der Waals surface area contributed by atoms with E-state index in [1.807, 2.05) is 9.36 Å². The Labute approximate surface area is 158 Å². The van der Waals surface area contributed by atoms with E-state index in [-0.39, 0.29) is 4.90 Å². The van der Waals surface area contributed by atoms with Crippen LogP contribution in [0.4, 0.5) is 10.5 Å². The Morgan fingerprint density at radius 3 is 2.41 bits per heavy atom. The number of amides is 2. The number of benzene rings is 1. The number of sulfonamides is 1. The fourth-order valence-electron chi connectivity index (χ4n) is 4.68. The number of hydrogen-bond acceptors (Lipinski definition) is 3. The molecular weight excluding hydrogens is 364 g/mol. The van der Waals surface area contributed by atoms with Crippen LogP contribution in [0.3, 0.4) is 0 Å². The third-order valence-electron chi connectivity index (χ3n) is 5.91. The van der Waals surface area contributed by atoms with Gasteiger partial charge in [0.2, 0.25) is 6.20 Å². The van der Waals surface area contributed by atoms with Crippen LogP contribution < -0.4 is 14.7 Å². The molecule has 1 aromatic heterocycles. The van der Waals surface area contributed by atoms with E-state index < -0.39 is 16.1 Å². The monoisotopic (exact) mass is 387 g/mol. The predicted octanol–water partition coefficient (Wildman–Crippen LogP) is 1.67. The van der Waals surface area contributed by atoms with Crippen molar-refractivity contribution in [3.63, 3.8) is 0 Å². The lowest BCUT2D eigenvalue weighted by Gasteiger charge is -2.16. The molecule has 0 spiro atoms. The molecule has 3 aliphatic rings. The van der Waals surface area contributed by atoms with Crippen LogP contribution in [0.2, 0.25) is 0 Å². The van der Waals surface area contributed by atoms with E-state index in [2.05, 4.69) is 16.1 Å². The van der Waals surface area contributed by atoms with Gasteiger partial charge in [-0.05, 0) is 60.8 Å². The molecule has 2 N–H and O–H groups in total. The summed E-state index contributed by atoms with van der Waals surface area (Å²) < 4.78 is 31.1. The number of carbonyl (C=O) groups excluding carboxylic acids is 1. The zero-order valence-corrected chi connectivity index (χ0v) is 15.9. The van der Waals surface area contributed by atoms with Crippen LogP contribution in [0, 0.1) is 0 Å². The summed E-state index contributed by atoms with van der Waals surface area (Å²) >= 11 is 0. The van der Waals surface area contributed by atoms with Crippen molar-refractivity contribution in [1.29, 1.82) is 0 Å². The Bertz CT molecular complexity index is 1000. The third kappa shape index (κ3) is 2.82. The van der Waals surface area contributed by atoms with Crippen LogP contribution in [0.1, 0.15) is 41.5 Å². The van der Waals surface area contributed by atoms with Crippen molar-refractivity contribution in [2.75, 3.05) is 5.32 Å². The van der Waals surface area contributed by atoms with Crippen molar-refractivity contribution in [2.45, 2.75) is 62.9 Å². The van der Waals surface area contributed by atoms with Gasteiger partial charge in [0.1, 0.15) is 0 Å². The SMILES string of the molecule is O=C(Nc1c2c(cc3c1CCC3)CCC2)NS(=O)(=O)c1cn2[n+](c1)CCC2. The number of anilines is 1. The highest BCUT2D eigenvalue weighted by atomic mass is 32.2. The average molecular weight is 387 g/mol. The number of aryl methyl sites for hydroxylation is 4. The fourth-order valence-corrected chi connectivity index (χ4v) is 5.62. The standard InChI is InChI=1S/C19H22N4O3S/c24-19(21-27(25,26)15-11-22-8-3-9-23(22)12-15)20-18-16-6-1-4-13(16)10-14-5-2-7-17(14)18/h10-12H,1-9H2,(H-,20,21,24)/p+1. The van der Waals surface area contributed by atoms with Gasteiger partial charge in [0.25, 0.3) is 10.0 Å². The van der Waals surface area contributed by atoms with E-state index in [1.54, 1.807) is 12.4 Å². The zero-order valence-electron chi connectivity index (χ0n) is 15.1. The average Bonchev–Trinajstić information content (AvgIpc) is 3.36. The van der Waals surface area contributed by atoms with E-state index >= 15 is 0 Å². The molecule has 1 aromatic carbocycles. The van der Waals surface area contributed by atoms with Gasteiger partial charge in [-0.1, -0.05) is 6.07 Å². The number of fused-ring (bicyclic) bond motifs is 3. The summed E-state index contributed by atoms with van der Waals surface area (Å²) in [5.41, 5.74) is 5.81. The van der Waals surface area contributed by atoms with Crippen molar-refractivity contribution in [3.05, 3.63) is 40.7 Å². The zero-order chi connectivity index (χ0) is 18.6. The second-order valence-electron chi connectivity index (χ2n) is 7.63. The molecule has 0 atom stereocenters. The Morgan fingerprint density at radius 1 is 1.04 bits per heavy atom. The van der Waals surface area contributed by atoms with Crippen molar-refractivity contribution in [1.82, 2.24) is 9.40 Å². The quantitative estimate of drug-likeness (QED) is 0.786. The highest BCUT2D eigenvalue weighted by Crippen LogP contribution is 2.38. The number of nitrogens with zero attached hydrogens (tertiary/aromatic N) is 2. The number of carbonyl (C=O) groups is 1. The topological polar surface area (TPSA) is 84.1 Å². The van der Waals surface area contributed by atoms with Crippen LogP contribution in [0.5, 0.6) is 0 Å². The summed E-state index contributed by atoms with van der Waals surface area (Å²) in [6.07, 6.45) is 10.3. The molecule has 0 bridgehead atoms. The maximum atomic E-state index is 12.6. The predicted molar refractivity (Wildman–Crippen MR) is 99.1 cm³/mol. The summed E-state index contributed by atoms with van der Waals surface area (Å²) in [5.74, 6) is 0. The molecule has 8 heteroatoms. The largest absolute Gasteiger partial charge is 0.333 e. The molecule has 1 aliphatic heterocycles. The Balaban J connectivity index is 1.40. The second-order valence-corrected chi connectivity index (χ2v) is 9.32. The van der Waals surface area contributed by atoms with E-state index in [9.17, 15) is 13.2 Å². The molecular formula is C19H23N4O3S+. The summed E-state index contributed by atoms with van der Waals surface area (Å²) in [4.78, 5) is 12.7. The summed E-state index contributed by atoms with van der Waals surface area (Å²) in [5, 5.41) is 2.88. The summed E-state index contributed by atoms with van der Waals surface area (Å²) in [6.45, 7) is 1.59. The van der Waals surface area contributed by atoms with E-state index in [0.717, 1.165) is 63.7 Å². The summed E-state index contributed by atoms with van der Waals surface area (Å²) in [6, 6.07) is 1.60. The molecule has 142 valence electrons. The molecule has 7 nitrogen and oxygen atoms in total. The Morgan fingerprint density at radius 2 is 1.74 bits per heavy atom. The van der Waals surface area contributed by atoms with Crippen LogP contribution in [-0.2, 0) is 48.8 Å².